The first-order chi connectivity index (χ1) is 11.4. The molecule has 0 aliphatic carbocycles. The first-order valence-electron chi connectivity index (χ1n) is 8.10. The van der Waals surface area contributed by atoms with Crippen LogP contribution in [-0.4, -0.2) is 19.8 Å². The fourth-order valence-electron chi connectivity index (χ4n) is 2.61. The van der Waals surface area contributed by atoms with Crippen molar-refractivity contribution in [1.29, 1.82) is 0 Å². The molecule has 1 aromatic carbocycles. The Morgan fingerprint density at radius 3 is 2.79 bits per heavy atom. The van der Waals surface area contributed by atoms with E-state index in [0.29, 0.717) is 5.92 Å². The average Bonchev–Trinajstić information content (AvgIpc) is 3.07. The number of fused-ring (bicyclic) bond motifs is 1. The monoisotopic (exact) mass is 361 g/mol. The van der Waals surface area contributed by atoms with Gasteiger partial charge in [0.05, 0.1) is 6.04 Å². The van der Waals surface area contributed by atoms with Gasteiger partial charge in [0.15, 0.2) is 10.2 Å². The predicted octanol–water partition coefficient (Wildman–Crippen LogP) is 4.14. The maximum atomic E-state index is 6.25. The van der Waals surface area contributed by atoms with Gasteiger partial charge in [-0.15, -0.1) is 15.3 Å². The summed E-state index contributed by atoms with van der Waals surface area (Å²) in [6, 6.07) is 6.44. The molecule has 2 aromatic heterocycles. The van der Waals surface area contributed by atoms with Crippen LogP contribution in [0.2, 0.25) is 0 Å². The van der Waals surface area contributed by atoms with Crippen molar-refractivity contribution in [3.05, 3.63) is 40.7 Å². The second kappa shape index (κ2) is 7.21. The highest BCUT2D eigenvalue weighted by Crippen LogP contribution is 2.30. The lowest BCUT2D eigenvalue weighted by molar-refractivity contribution is 0.485. The fourth-order valence-corrected chi connectivity index (χ4v) is 4.56. The smallest absolute Gasteiger partial charge is 0.235 e. The fraction of sp³-hybridized carbons (Fsp3) is 0.471. The van der Waals surface area contributed by atoms with Crippen molar-refractivity contribution in [2.75, 3.05) is 0 Å². The lowest BCUT2D eigenvalue weighted by Crippen LogP contribution is -2.16. The summed E-state index contributed by atoms with van der Waals surface area (Å²) in [6.45, 7) is 8.59. The molecule has 0 aliphatic rings. The van der Waals surface area contributed by atoms with E-state index in [1.54, 1.807) is 23.1 Å². The van der Waals surface area contributed by atoms with Gasteiger partial charge in [0, 0.05) is 5.75 Å². The summed E-state index contributed by atoms with van der Waals surface area (Å²) in [4.78, 5) is 0.813. The number of nitrogens with two attached hydrogens (primary N) is 1. The summed E-state index contributed by atoms with van der Waals surface area (Å²) in [5.74, 6) is 2.18. The molecule has 0 amide bonds. The van der Waals surface area contributed by atoms with Crippen LogP contribution in [0, 0.1) is 19.8 Å². The third kappa shape index (κ3) is 3.79. The first-order valence-corrected chi connectivity index (χ1v) is 9.91. The lowest BCUT2D eigenvalue weighted by atomic mass is 10.0. The number of rotatable bonds is 6. The highest BCUT2D eigenvalue weighted by Gasteiger charge is 2.18. The van der Waals surface area contributed by atoms with E-state index in [-0.39, 0.29) is 6.04 Å². The Balaban J connectivity index is 1.76. The third-order valence-electron chi connectivity index (χ3n) is 3.91. The van der Waals surface area contributed by atoms with Gasteiger partial charge in [0.25, 0.3) is 0 Å². The molecular weight excluding hydrogens is 338 g/mol. The molecule has 0 spiro atoms. The zero-order chi connectivity index (χ0) is 17.3. The third-order valence-corrected chi connectivity index (χ3v) is 5.99. The standard InChI is InChI=1S/C17H23N5S2/c1-10(2)7-14(18)15-19-20-16-22(15)21-17(24-16)23-9-13-8-11(3)5-6-12(13)4/h5-6,8,10,14H,7,9,18H2,1-4H3/t14-/m0/s1. The lowest BCUT2D eigenvalue weighted by Gasteiger charge is -2.10. The highest BCUT2D eigenvalue weighted by molar-refractivity contribution is 8.00. The minimum atomic E-state index is -0.126. The number of hydrogen-bond donors (Lipinski definition) is 1. The average molecular weight is 362 g/mol. The Morgan fingerprint density at radius 1 is 1.25 bits per heavy atom. The molecule has 3 rings (SSSR count). The van der Waals surface area contributed by atoms with E-state index in [2.05, 4.69) is 61.2 Å². The Labute approximate surface area is 150 Å². The predicted molar refractivity (Wildman–Crippen MR) is 101 cm³/mol. The summed E-state index contributed by atoms with van der Waals surface area (Å²) < 4.78 is 2.81. The van der Waals surface area contributed by atoms with Crippen LogP contribution >= 0.6 is 23.1 Å². The molecule has 1 atom stereocenters. The summed E-state index contributed by atoms with van der Waals surface area (Å²) in [7, 11) is 0. The van der Waals surface area contributed by atoms with Gasteiger partial charge >= 0.3 is 0 Å². The van der Waals surface area contributed by atoms with Crippen LogP contribution in [0.25, 0.3) is 4.96 Å². The minimum Gasteiger partial charge on any atom is -0.321 e. The SMILES string of the molecule is Cc1ccc(C)c(CSc2nn3c([C@@H](N)CC(C)C)nnc3s2)c1. The molecule has 0 unspecified atom stereocenters. The largest absolute Gasteiger partial charge is 0.321 e. The Bertz CT molecular complexity index is 837. The number of thioether (sulfide) groups is 1. The van der Waals surface area contributed by atoms with E-state index in [1.165, 1.54) is 16.7 Å². The van der Waals surface area contributed by atoms with Gasteiger partial charge < -0.3 is 5.73 Å². The molecule has 0 aliphatic heterocycles. The second-order valence-electron chi connectivity index (χ2n) is 6.58. The van der Waals surface area contributed by atoms with Crippen LogP contribution in [-0.2, 0) is 5.75 Å². The van der Waals surface area contributed by atoms with E-state index in [9.17, 15) is 0 Å². The molecule has 128 valence electrons. The van der Waals surface area contributed by atoms with Crippen LogP contribution in [0.5, 0.6) is 0 Å². The molecular formula is C17H23N5S2. The van der Waals surface area contributed by atoms with Crippen molar-refractivity contribution in [2.45, 2.75) is 50.3 Å². The zero-order valence-electron chi connectivity index (χ0n) is 14.5. The Hall–Kier alpha value is -1.44. The summed E-state index contributed by atoms with van der Waals surface area (Å²) in [5, 5.41) is 13.1. The molecule has 0 saturated heterocycles. The van der Waals surface area contributed by atoms with Crippen LogP contribution in [0.4, 0.5) is 0 Å². The number of aryl methyl sites for hydroxylation is 2. The van der Waals surface area contributed by atoms with Gasteiger partial charge in [-0.1, -0.05) is 60.7 Å². The van der Waals surface area contributed by atoms with Crippen molar-refractivity contribution in [3.63, 3.8) is 0 Å². The molecule has 2 N–H and O–H groups in total. The van der Waals surface area contributed by atoms with Gasteiger partial charge in [0.1, 0.15) is 0 Å². The topological polar surface area (TPSA) is 69.1 Å². The summed E-state index contributed by atoms with van der Waals surface area (Å²) >= 11 is 3.31. The van der Waals surface area contributed by atoms with E-state index in [4.69, 9.17) is 5.73 Å². The zero-order valence-corrected chi connectivity index (χ0v) is 16.1. The van der Waals surface area contributed by atoms with Gasteiger partial charge in [-0.05, 0) is 37.3 Å². The van der Waals surface area contributed by atoms with E-state index >= 15 is 0 Å². The maximum absolute atomic E-state index is 6.25. The molecule has 5 nitrogen and oxygen atoms in total. The van der Waals surface area contributed by atoms with Crippen LogP contribution < -0.4 is 5.73 Å². The number of nitrogens with zero attached hydrogens (tertiary/aromatic N) is 4. The van der Waals surface area contributed by atoms with Crippen LogP contribution in [0.1, 0.15) is 48.8 Å². The van der Waals surface area contributed by atoms with Crippen molar-refractivity contribution in [2.24, 2.45) is 11.7 Å². The van der Waals surface area contributed by atoms with Crippen molar-refractivity contribution >= 4 is 28.1 Å². The summed E-state index contributed by atoms with van der Waals surface area (Å²) in [6.07, 6.45) is 0.878. The first kappa shape index (κ1) is 17.4. The quantitative estimate of drug-likeness (QED) is 0.668. The van der Waals surface area contributed by atoms with Gasteiger partial charge in [-0.3, -0.25) is 0 Å². The van der Waals surface area contributed by atoms with E-state index in [1.807, 2.05) is 4.52 Å². The summed E-state index contributed by atoms with van der Waals surface area (Å²) in [5.41, 5.74) is 10.2. The second-order valence-corrected chi connectivity index (χ2v) is 8.75. The molecule has 0 saturated carbocycles. The van der Waals surface area contributed by atoms with Gasteiger partial charge in [-0.2, -0.15) is 4.52 Å². The maximum Gasteiger partial charge on any atom is 0.235 e. The molecule has 3 aromatic rings. The van der Waals surface area contributed by atoms with Crippen LogP contribution in [0.15, 0.2) is 22.5 Å². The molecule has 0 bridgehead atoms. The van der Waals surface area contributed by atoms with E-state index < -0.39 is 0 Å². The minimum absolute atomic E-state index is 0.126. The number of benzene rings is 1. The normalized spacial score (nSPS) is 13.1. The van der Waals surface area contributed by atoms with E-state index in [0.717, 1.165) is 27.3 Å². The van der Waals surface area contributed by atoms with Crippen molar-refractivity contribution in [3.8, 4) is 0 Å². The Morgan fingerprint density at radius 2 is 2.04 bits per heavy atom. The highest BCUT2D eigenvalue weighted by atomic mass is 32.2. The number of hydrogen-bond acceptors (Lipinski definition) is 6. The van der Waals surface area contributed by atoms with Crippen molar-refractivity contribution in [1.82, 2.24) is 19.8 Å². The molecule has 7 heteroatoms. The molecule has 2 heterocycles. The molecule has 0 radical (unpaired) electrons. The number of aromatic nitrogens is 4. The van der Waals surface area contributed by atoms with Crippen LogP contribution in [0.3, 0.4) is 0 Å². The molecule has 0 fully saturated rings. The van der Waals surface area contributed by atoms with Gasteiger partial charge in [-0.25, -0.2) is 0 Å². The van der Waals surface area contributed by atoms with Crippen molar-refractivity contribution < 1.29 is 0 Å². The Kier molecular flexibility index (Phi) is 5.22. The van der Waals surface area contributed by atoms with Gasteiger partial charge in [0.2, 0.25) is 4.96 Å². The molecule has 24 heavy (non-hydrogen) atoms.